The van der Waals surface area contributed by atoms with E-state index in [9.17, 15) is 0 Å². The van der Waals surface area contributed by atoms with Crippen molar-refractivity contribution in [2.75, 3.05) is 9.80 Å². The Balaban J connectivity index is 0.867. The van der Waals surface area contributed by atoms with Gasteiger partial charge in [0.25, 0.3) is 0 Å². The average Bonchev–Trinajstić information content (AvgIpc) is 3.92. The van der Waals surface area contributed by atoms with Gasteiger partial charge in [-0.3, -0.25) is 0 Å². The Morgan fingerprint density at radius 1 is 0.297 bits per heavy atom. The van der Waals surface area contributed by atoms with Gasteiger partial charge in [-0.05, 0) is 120 Å². The van der Waals surface area contributed by atoms with Gasteiger partial charge in [-0.15, -0.1) is 0 Å². The topological polar surface area (TPSA) is 24.6 Å². The Kier molecular flexibility index (Phi) is 9.12. The van der Waals surface area contributed by atoms with Crippen LogP contribution in [0.25, 0.3) is 71.7 Å². The first-order chi connectivity index (χ1) is 31.7. The first-order valence-electron chi connectivity index (χ1n) is 21.8. The van der Waals surface area contributed by atoms with E-state index < -0.39 is 0 Å². The van der Waals surface area contributed by atoms with E-state index in [0.29, 0.717) is 0 Å². The van der Waals surface area contributed by atoms with Crippen LogP contribution < -0.4 is 9.80 Å². The molecule has 0 aliphatic carbocycles. The van der Waals surface area contributed by atoms with Gasteiger partial charge in [-0.25, -0.2) is 0 Å². The molecule has 302 valence electrons. The minimum Gasteiger partial charge on any atom is -0.455 e. The maximum Gasteiger partial charge on any atom is 0.143 e. The predicted molar refractivity (Wildman–Crippen MR) is 268 cm³/mol. The molecule has 0 saturated carbocycles. The van der Waals surface area contributed by atoms with Gasteiger partial charge in [0.1, 0.15) is 11.2 Å². The summed E-state index contributed by atoms with van der Waals surface area (Å²) in [5, 5.41) is 4.72. The fourth-order valence-electron chi connectivity index (χ4n) is 9.37. The summed E-state index contributed by atoms with van der Waals surface area (Å²) in [6, 6.07) is 88.6. The van der Waals surface area contributed by atoms with E-state index in [-0.39, 0.29) is 0 Å². The summed E-state index contributed by atoms with van der Waals surface area (Å²) >= 11 is 0. The number of hydrogen-bond acceptors (Lipinski definition) is 3. The summed E-state index contributed by atoms with van der Waals surface area (Å²) < 4.78 is 8.75. The highest BCUT2D eigenvalue weighted by Crippen LogP contribution is 2.42. The molecule has 64 heavy (non-hydrogen) atoms. The lowest BCUT2D eigenvalue weighted by atomic mass is 10.0. The van der Waals surface area contributed by atoms with Crippen molar-refractivity contribution < 1.29 is 4.42 Å². The molecular weight excluding hydrogens is 779 g/mol. The lowest BCUT2D eigenvalue weighted by Gasteiger charge is -2.26. The van der Waals surface area contributed by atoms with Crippen LogP contribution in [0.2, 0.25) is 0 Å². The van der Waals surface area contributed by atoms with E-state index in [1.54, 1.807) is 0 Å². The fraction of sp³-hybridized carbons (Fsp3) is 0. The number of nitrogens with zero attached hydrogens (tertiary/aromatic N) is 3. The molecule has 0 aliphatic rings. The molecular formula is C60H41N3O. The third-order valence-electron chi connectivity index (χ3n) is 12.4. The quantitative estimate of drug-likeness (QED) is 0.145. The largest absolute Gasteiger partial charge is 0.455 e. The molecule has 0 aliphatic heterocycles. The van der Waals surface area contributed by atoms with Crippen molar-refractivity contribution in [2.24, 2.45) is 0 Å². The van der Waals surface area contributed by atoms with E-state index in [0.717, 1.165) is 84.0 Å². The van der Waals surface area contributed by atoms with Crippen LogP contribution in [-0.4, -0.2) is 4.57 Å². The Hall–Kier alpha value is -8.60. The lowest BCUT2D eigenvalue weighted by Crippen LogP contribution is -2.10. The minimum absolute atomic E-state index is 0.906. The maximum absolute atomic E-state index is 6.39. The first kappa shape index (κ1) is 37.2. The summed E-state index contributed by atoms with van der Waals surface area (Å²) in [5.41, 5.74) is 16.4. The number of furan rings is 1. The zero-order chi connectivity index (χ0) is 42.4. The Morgan fingerprint density at radius 3 is 1.38 bits per heavy atom. The van der Waals surface area contributed by atoms with Crippen molar-refractivity contribution in [3.05, 3.63) is 249 Å². The maximum atomic E-state index is 6.39. The number of anilines is 6. The Labute approximate surface area is 371 Å². The van der Waals surface area contributed by atoms with Crippen molar-refractivity contribution >= 4 is 77.9 Å². The second kappa shape index (κ2) is 15.7. The van der Waals surface area contributed by atoms with Gasteiger partial charge in [0.15, 0.2) is 0 Å². The third-order valence-corrected chi connectivity index (χ3v) is 12.4. The molecule has 0 radical (unpaired) electrons. The first-order valence-corrected chi connectivity index (χ1v) is 21.8. The molecule has 0 fully saturated rings. The van der Waals surface area contributed by atoms with Gasteiger partial charge in [0, 0.05) is 66.9 Å². The van der Waals surface area contributed by atoms with Crippen LogP contribution in [0, 0.1) is 0 Å². The smallest absolute Gasteiger partial charge is 0.143 e. The zero-order valence-corrected chi connectivity index (χ0v) is 34.9. The van der Waals surface area contributed by atoms with E-state index in [1.165, 1.54) is 21.8 Å². The fourth-order valence-corrected chi connectivity index (χ4v) is 9.37. The molecule has 12 rings (SSSR count). The monoisotopic (exact) mass is 819 g/mol. The van der Waals surface area contributed by atoms with E-state index in [4.69, 9.17) is 4.42 Å². The molecule has 0 bridgehead atoms. The molecule has 4 heteroatoms. The molecule has 0 N–H and O–H groups in total. The summed E-state index contributed by atoms with van der Waals surface area (Å²) in [6.07, 6.45) is 0. The number of benzene rings is 10. The zero-order valence-electron chi connectivity index (χ0n) is 34.9. The molecule has 12 aromatic rings. The van der Waals surface area contributed by atoms with Crippen LogP contribution in [0.3, 0.4) is 0 Å². The normalized spacial score (nSPS) is 11.4. The average molecular weight is 820 g/mol. The molecule has 2 aromatic heterocycles. The SMILES string of the molecule is c1ccc(N(c2ccc(-c3ccc(N(c4ccccc4)c4ccc5c(c4)c4ccccc4n5-c4ccccc4)cc3)cc2)c2ccc(-c3cccc4c3oc3ccccc34)cc2)cc1. The van der Waals surface area contributed by atoms with Crippen LogP contribution in [0.4, 0.5) is 34.1 Å². The van der Waals surface area contributed by atoms with Crippen molar-refractivity contribution in [3.63, 3.8) is 0 Å². The van der Waals surface area contributed by atoms with Crippen LogP contribution >= 0.6 is 0 Å². The minimum atomic E-state index is 0.906. The van der Waals surface area contributed by atoms with Crippen LogP contribution in [0.15, 0.2) is 253 Å². The van der Waals surface area contributed by atoms with Crippen LogP contribution in [0.5, 0.6) is 0 Å². The highest BCUT2D eigenvalue weighted by molar-refractivity contribution is 6.11. The lowest BCUT2D eigenvalue weighted by molar-refractivity contribution is 0.670. The number of aromatic nitrogens is 1. The van der Waals surface area contributed by atoms with E-state index in [2.05, 4.69) is 251 Å². The van der Waals surface area contributed by atoms with Gasteiger partial charge >= 0.3 is 0 Å². The van der Waals surface area contributed by atoms with Gasteiger partial charge in [-0.2, -0.15) is 0 Å². The Bertz CT molecular complexity index is 3580. The van der Waals surface area contributed by atoms with Crippen LogP contribution in [0.1, 0.15) is 0 Å². The summed E-state index contributed by atoms with van der Waals surface area (Å²) in [5.74, 6) is 0. The van der Waals surface area contributed by atoms with Crippen molar-refractivity contribution in [1.29, 1.82) is 0 Å². The number of para-hydroxylation sites is 6. The number of rotatable bonds is 9. The molecule has 2 heterocycles. The van der Waals surface area contributed by atoms with Crippen molar-refractivity contribution in [3.8, 4) is 27.9 Å². The van der Waals surface area contributed by atoms with Gasteiger partial charge in [0.2, 0.25) is 0 Å². The predicted octanol–water partition coefficient (Wildman–Crippen LogP) is 17.0. The van der Waals surface area contributed by atoms with E-state index >= 15 is 0 Å². The molecule has 4 nitrogen and oxygen atoms in total. The third kappa shape index (κ3) is 6.48. The van der Waals surface area contributed by atoms with E-state index in [1.807, 2.05) is 12.1 Å². The van der Waals surface area contributed by atoms with Gasteiger partial charge in [-0.1, -0.05) is 146 Å². The Morgan fingerprint density at radius 2 is 0.750 bits per heavy atom. The highest BCUT2D eigenvalue weighted by Gasteiger charge is 2.19. The molecule has 0 spiro atoms. The standard InChI is InChI=1S/C60H41N3O/c1-4-15-45(16-5-1)61(49-37-31-44(32-38-49)52-23-14-24-55-54-22-11-13-26-59(54)64-60(52)55)48-33-27-42(28-34-48)43-29-35-50(36-30-43)62(46-17-6-2-7-18-46)51-39-40-58-56(41-51)53-21-10-12-25-57(53)63(58)47-19-8-3-9-20-47/h1-41H. The number of hydrogen-bond donors (Lipinski definition) is 0. The molecule has 0 amide bonds. The number of fused-ring (bicyclic) bond motifs is 6. The van der Waals surface area contributed by atoms with Gasteiger partial charge < -0.3 is 18.8 Å². The van der Waals surface area contributed by atoms with Gasteiger partial charge in [0.05, 0.1) is 11.0 Å². The van der Waals surface area contributed by atoms with Crippen LogP contribution in [-0.2, 0) is 0 Å². The van der Waals surface area contributed by atoms with Crippen molar-refractivity contribution in [1.82, 2.24) is 4.57 Å². The highest BCUT2D eigenvalue weighted by atomic mass is 16.3. The van der Waals surface area contributed by atoms with Crippen molar-refractivity contribution in [2.45, 2.75) is 0 Å². The summed E-state index contributed by atoms with van der Waals surface area (Å²) in [4.78, 5) is 4.66. The second-order valence-electron chi connectivity index (χ2n) is 16.2. The molecule has 10 aromatic carbocycles. The second-order valence-corrected chi connectivity index (χ2v) is 16.2. The summed E-state index contributed by atoms with van der Waals surface area (Å²) in [6.45, 7) is 0. The summed E-state index contributed by atoms with van der Waals surface area (Å²) in [7, 11) is 0. The molecule has 0 unspecified atom stereocenters. The molecule has 0 saturated heterocycles. The molecule has 0 atom stereocenters.